The molecule has 14 heteroatoms. The lowest BCUT2D eigenvalue weighted by Crippen LogP contribution is -2.43. The summed E-state index contributed by atoms with van der Waals surface area (Å²) in [6.07, 6.45) is -5.16. The van der Waals surface area contributed by atoms with Gasteiger partial charge in [-0.3, -0.25) is 0 Å². The standard InChI is InChI=1S/C14H26N4O8S2/c1-5-15-9-10(16(6-2)27(15,19)20)24-13(23-9)14-25-11-12(26-14)18(8-4)28(21,22)17(11)7-3/h9-14H,5-8H2,1-4H3/t9-,10-,11-,12+,14?/m1/s1. The van der Waals surface area contributed by atoms with Crippen molar-refractivity contribution in [1.82, 2.24) is 17.2 Å². The van der Waals surface area contributed by atoms with Gasteiger partial charge >= 0.3 is 0 Å². The number of nitrogens with zero attached hydrogens (tertiary/aromatic N) is 4. The summed E-state index contributed by atoms with van der Waals surface area (Å²) in [6.45, 7) is 7.83. The third kappa shape index (κ3) is 2.71. The quantitative estimate of drug-likeness (QED) is 0.523. The maximum atomic E-state index is 12.5. The molecule has 0 radical (unpaired) electrons. The minimum Gasteiger partial charge on any atom is -0.324 e. The summed E-state index contributed by atoms with van der Waals surface area (Å²) in [5, 5.41) is 0. The molecule has 4 rings (SSSR count). The van der Waals surface area contributed by atoms with Crippen molar-refractivity contribution >= 4 is 20.4 Å². The maximum Gasteiger partial charge on any atom is 0.286 e. The van der Waals surface area contributed by atoms with E-state index in [0.717, 1.165) is 0 Å². The van der Waals surface area contributed by atoms with E-state index in [1.54, 1.807) is 27.7 Å². The first-order chi connectivity index (χ1) is 13.2. The Morgan fingerprint density at radius 2 is 0.750 bits per heavy atom. The predicted octanol–water partition coefficient (Wildman–Crippen LogP) is -1.16. The molecule has 0 aliphatic carbocycles. The molecule has 1 unspecified atom stereocenters. The third-order valence-electron chi connectivity index (χ3n) is 5.37. The zero-order valence-corrected chi connectivity index (χ0v) is 17.8. The summed E-state index contributed by atoms with van der Waals surface area (Å²) >= 11 is 0. The van der Waals surface area contributed by atoms with Crippen LogP contribution in [0, 0.1) is 0 Å². The highest BCUT2D eigenvalue weighted by molar-refractivity contribution is 7.87. The molecule has 0 saturated carbocycles. The number of likely N-dealkylation sites (N-methyl/N-ethyl adjacent to an activating group) is 4. The van der Waals surface area contributed by atoms with Gasteiger partial charge in [0, 0.05) is 26.2 Å². The normalized spacial score (nSPS) is 41.6. The van der Waals surface area contributed by atoms with Crippen LogP contribution in [0.2, 0.25) is 0 Å². The predicted molar refractivity (Wildman–Crippen MR) is 94.4 cm³/mol. The minimum absolute atomic E-state index is 0.235. The summed E-state index contributed by atoms with van der Waals surface area (Å²) in [4.78, 5) is 0. The summed E-state index contributed by atoms with van der Waals surface area (Å²) in [5.41, 5.74) is 0. The molecule has 0 bridgehead atoms. The molecule has 0 amide bonds. The van der Waals surface area contributed by atoms with Gasteiger partial charge in [-0.05, 0) is 0 Å². The Labute approximate surface area is 165 Å². The molecule has 0 spiro atoms. The summed E-state index contributed by atoms with van der Waals surface area (Å²) in [5.74, 6) is 0. The highest BCUT2D eigenvalue weighted by Gasteiger charge is 2.63. The van der Waals surface area contributed by atoms with Gasteiger partial charge in [-0.25, -0.2) is 0 Å². The largest absolute Gasteiger partial charge is 0.324 e. The summed E-state index contributed by atoms with van der Waals surface area (Å²) in [6, 6.07) is 0. The molecule has 162 valence electrons. The van der Waals surface area contributed by atoms with Crippen LogP contribution in [-0.4, -0.2) is 97.7 Å². The average Bonchev–Trinajstić information content (AvgIpc) is 3.30. The van der Waals surface area contributed by atoms with Gasteiger partial charge in [-0.2, -0.15) is 34.1 Å². The molecule has 0 aromatic carbocycles. The lowest BCUT2D eigenvalue weighted by molar-refractivity contribution is -0.237. The molecule has 0 aromatic heterocycles. The number of hydrogen-bond donors (Lipinski definition) is 0. The molecule has 4 heterocycles. The molecule has 0 aromatic rings. The van der Waals surface area contributed by atoms with Crippen molar-refractivity contribution in [1.29, 1.82) is 0 Å². The fourth-order valence-corrected chi connectivity index (χ4v) is 7.66. The SMILES string of the molecule is CCN1[C@@H]2OC(C3O[C@@H]4[C@H](O3)N(CC)S(=O)(=O)N4CC)O[C@H]2N(CC)S1(=O)=O. The van der Waals surface area contributed by atoms with Crippen LogP contribution in [0.5, 0.6) is 0 Å². The maximum absolute atomic E-state index is 12.5. The van der Waals surface area contributed by atoms with E-state index in [9.17, 15) is 16.8 Å². The molecular weight excluding hydrogens is 416 g/mol. The minimum atomic E-state index is -3.65. The molecule has 4 saturated heterocycles. The third-order valence-corrected chi connectivity index (χ3v) is 9.61. The Kier molecular flexibility index (Phi) is 5.27. The fraction of sp³-hybridized carbons (Fsp3) is 1.00. The van der Waals surface area contributed by atoms with Gasteiger partial charge < -0.3 is 18.9 Å². The molecule has 4 fully saturated rings. The number of ether oxygens (including phenoxy) is 4. The molecule has 28 heavy (non-hydrogen) atoms. The highest BCUT2D eigenvalue weighted by Crippen LogP contribution is 2.42. The number of rotatable bonds is 5. The summed E-state index contributed by atoms with van der Waals surface area (Å²) < 4.78 is 78.5. The van der Waals surface area contributed by atoms with E-state index in [4.69, 9.17) is 18.9 Å². The fourth-order valence-electron chi connectivity index (χ4n) is 4.15. The van der Waals surface area contributed by atoms with Crippen LogP contribution < -0.4 is 0 Å². The van der Waals surface area contributed by atoms with Crippen LogP contribution in [0.3, 0.4) is 0 Å². The smallest absolute Gasteiger partial charge is 0.286 e. The van der Waals surface area contributed by atoms with Crippen molar-refractivity contribution in [2.75, 3.05) is 26.2 Å². The molecular formula is C14H26N4O8S2. The zero-order valence-electron chi connectivity index (χ0n) is 16.2. The van der Waals surface area contributed by atoms with Crippen molar-refractivity contribution in [3.63, 3.8) is 0 Å². The average molecular weight is 443 g/mol. The highest BCUT2D eigenvalue weighted by atomic mass is 32.2. The Morgan fingerprint density at radius 3 is 0.929 bits per heavy atom. The van der Waals surface area contributed by atoms with E-state index in [0.29, 0.717) is 0 Å². The van der Waals surface area contributed by atoms with E-state index < -0.39 is 57.9 Å². The van der Waals surface area contributed by atoms with Crippen LogP contribution in [0.4, 0.5) is 0 Å². The second-order valence-electron chi connectivity index (χ2n) is 6.67. The summed E-state index contributed by atoms with van der Waals surface area (Å²) in [7, 11) is -7.30. The Balaban J connectivity index is 1.53. The Bertz CT molecular complexity index is 703. The van der Waals surface area contributed by atoms with Crippen molar-refractivity contribution in [2.45, 2.75) is 65.2 Å². The van der Waals surface area contributed by atoms with Gasteiger partial charge in [0.15, 0.2) is 24.9 Å². The number of hydrogen-bond acceptors (Lipinski definition) is 8. The van der Waals surface area contributed by atoms with E-state index >= 15 is 0 Å². The monoisotopic (exact) mass is 442 g/mol. The zero-order chi connectivity index (χ0) is 20.4. The second-order valence-corrected chi connectivity index (χ2v) is 10.3. The topological polar surface area (TPSA) is 118 Å². The lowest BCUT2D eigenvalue weighted by atomic mass is 10.4. The van der Waals surface area contributed by atoms with E-state index in [-0.39, 0.29) is 26.2 Å². The first-order valence-electron chi connectivity index (χ1n) is 9.41. The van der Waals surface area contributed by atoms with Crippen LogP contribution in [-0.2, 0) is 39.4 Å². The van der Waals surface area contributed by atoms with Crippen LogP contribution >= 0.6 is 0 Å². The molecule has 4 aliphatic heterocycles. The molecule has 5 atom stereocenters. The molecule has 0 N–H and O–H groups in total. The van der Waals surface area contributed by atoms with Crippen LogP contribution in [0.25, 0.3) is 0 Å². The Hall–Kier alpha value is -0.420. The Morgan fingerprint density at radius 1 is 0.536 bits per heavy atom. The van der Waals surface area contributed by atoms with Crippen molar-refractivity contribution in [3.8, 4) is 0 Å². The van der Waals surface area contributed by atoms with Crippen LogP contribution in [0.1, 0.15) is 27.7 Å². The van der Waals surface area contributed by atoms with Crippen molar-refractivity contribution in [2.24, 2.45) is 0 Å². The lowest BCUT2D eigenvalue weighted by Gasteiger charge is -2.26. The van der Waals surface area contributed by atoms with Gasteiger partial charge in [0.2, 0.25) is 12.6 Å². The van der Waals surface area contributed by atoms with E-state index in [1.807, 2.05) is 0 Å². The van der Waals surface area contributed by atoms with Crippen molar-refractivity contribution < 1.29 is 35.8 Å². The van der Waals surface area contributed by atoms with Gasteiger partial charge in [0.05, 0.1) is 0 Å². The van der Waals surface area contributed by atoms with Gasteiger partial charge in [-0.1, -0.05) is 27.7 Å². The first-order valence-corrected chi connectivity index (χ1v) is 12.2. The second kappa shape index (κ2) is 7.08. The molecule has 4 aliphatic rings. The van der Waals surface area contributed by atoms with Gasteiger partial charge in [0.1, 0.15) is 0 Å². The molecule has 12 nitrogen and oxygen atoms in total. The van der Waals surface area contributed by atoms with E-state index in [1.165, 1.54) is 17.2 Å². The van der Waals surface area contributed by atoms with Gasteiger partial charge in [0.25, 0.3) is 20.4 Å². The van der Waals surface area contributed by atoms with Crippen LogP contribution in [0.15, 0.2) is 0 Å². The van der Waals surface area contributed by atoms with Gasteiger partial charge in [-0.15, -0.1) is 0 Å². The van der Waals surface area contributed by atoms with E-state index in [2.05, 4.69) is 0 Å². The van der Waals surface area contributed by atoms with Crippen molar-refractivity contribution in [3.05, 3.63) is 0 Å². The number of fused-ring (bicyclic) bond motifs is 2. The first kappa shape index (κ1) is 20.8.